The fraction of sp³-hybridized carbons (Fsp3) is 0.200. The van der Waals surface area contributed by atoms with Crippen molar-refractivity contribution < 1.29 is 14.4 Å². The maximum Gasteiger partial charge on any atom is 0.290 e. The highest BCUT2D eigenvalue weighted by atomic mass is 16.5. The highest BCUT2D eigenvalue weighted by molar-refractivity contribution is 5.91. The highest BCUT2D eigenvalue weighted by Crippen LogP contribution is 2.14. The topological polar surface area (TPSA) is 75.4 Å². The van der Waals surface area contributed by atoms with Crippen molar-refractivity contribution in [1.29, 1.82) is 0 Å². The molecule has 20 heavy (non-hydrogen) atoms. The second kappa shape index (κ2) is 6.55. The standard InChI is InChI=1S/C15H14N2O3/c1-11(17-15(19)14-7-8-16-20-14)13-6-2-4-12(10-13)5-3-9-18/h2,4,6-8,10-11,18H,9H2,1H3,(H,17,19). The van der Waals surface area contributed by atoms with Crippen LogP contribution in [0.4, 0.5) is 0 Å². The summed E-state index contributed by atoms with van der Waals surface area (Å²) >= 11 is 0. The van der Waals surface area contributed by atoms with Crippen molar-refractivity contribution in [2.45, 2.75) is 13.0 Å². The van der Waals surface area contributed by atoms with Gasteiger partial charge in [0.1, 0.15) is 6.61 Å². The Balaban J connectivity index is 2.09. The van der Waals surface area contributed by atoms with E-state index in [9.17, 15) is 4.79 Å². The van der Waals surface area contributed by atoms with Crippen LogP contribution in [0.15, 0.2) is 41.1 Å². The maximum atomic E-state index is 11.8. The monoisotopic (exact) mass is 270 g/mol. The van der Waals surface area contributed by atoms with Crippen LogP contribution in [0.25, 0.3) is 0 Å². The predicted molar refractivity (Wildman–Crippen MR) is 72.8 cm³/mol. The van der Waals surface area contributed by atoms with Crippen LogP contribution < -0.4 is 5.32 Å². The minimum Gasteiger partial charge on any atom is -0.384 e. The van der Waals surface area contributed by atoms with E-state index in [4.69, 9.17) is 9.63 Å². The summed E-state index contributed by atoms with van der Waals surface area (Å²) in [6, 6.07) is 8.78. The summed E-state index contributed by atoms with van der Waals surface area (Å²) in [6.45, 7) is 1.69. The van der Waals surface area contributed by atoms with Crippen molar-refractivity contribution in [1.82, 2.24) is 10.5 Å². The van der Waals surface area contributed by atoms with Crippen molar-refractivity contribution in [3.05, 3.63) is 53.4 Å². The molecule has 0 spiro atoms. The Morgan fingerprint density at radius 2 is 2.35 bits per heavy atom. The lowest BCUT2D eigenvalue weighted by Crippen LogP contribution is -2.26. The predicted octanol–water partition coefficient (Wildman–Crippen LogP) is 1.51. The number of carbonyl (C=O) groups is 1. The molecule has 2 aromatic rings. The minimum absolute atomic E-state index is 0.174. The molecule has 0 radical (unpaired) electrons. The van der Waals surface area contributed by atoms with Gasteiger partial charge in [0.15, 0.2) is 0 Å². The normalized spacial score (nSPS) is 11.3. The number of hydrogen-bond acceptors (Lipinski definition) is 4. The summed E-state index contributed by atoms with van der Waals surface area (Å²) < 4.78 is 4.80. The third-order valence-electron chi connectivity index (χ3n) is 2.71. The summed E-state index contributed by atoms with van der Waals surface area (Å²) in [4.78, 5) is 11.8. The number of rotatable bonds is 3. The number of aliphatic hydroxyl groups is 1. The Bertz CT molecular complexity index is 639. The highest BCUT2D eigenvalue weighted by Gasteiger charge is 2.14. The zero-order valence-electron chi connectivity index (χ0n) is 11.0. The first kappa shape index (κ1) is 13.8. The number of nitrogens with one attached hydrogen (secondary N) is 1. The van der Waals surface area contributed by atoms with Crippen LogP contribution in [0.1, 0.15) is 34.6 Å². The van der Waals surface area contributed by atoms with E-state index >= 15 is 0 Å². The Labute approximate surface area is 116 Å². The van der Waals surface area contributed by atoms with Gasteiger partial charge in [-0.25, -0.2) is 0 Å². The second-order valence-corrected chi connectivity index (χ2v) is 4.16. The van der Waals surface area contributed by atoms with E-state index in [0.29, 0.717) is 0 Å². The van der Waals surface area contributed by atoms with E-state index in [1.807, 2.05) is 31.2 Å². The fourth-order valence-electron chi connectivity index (χ4n) is 1.71. The molecule has 2 rings (SSSR count). The van der Waals surface area contributed by atoms with Crippen LogP contribution in [0.2, 0.25) is 0 Å². The molecule has 5 nitrogen and oxygen atoms in total. The summed E-state index contributed by atoms with van der Waals surface area (Å²) in [5.41, 5.74) is 1.71. The molecule has 1 aromatic heterocycles. The van der Waals surface area contributed by atoms with E-state index < -0.39 is 0 Å². The number of aromatic nitrogens is 1. The lowest BCUT2D eigenvalue weighted by atomic mass is 10.1. The Morgan fingerprint density at radius 3 is 3.05 bits per heavy atom. The zero-order chi connectivity index (χ0) is 14.4. The largest absolute Gasteiger partial charge is 0.384 e. The van der Waals surface area contributed by atoms with Crippen molar-refractivity contribution >= 4 is 5.91 Å². The van der Waals surface area contributed by atoms with Gasteiger partial charge in [-0.05, 0) is 24.6 Å². The lowest BCUT2D eigenvalue weighted by Gasteiger charge is -2.13. The molecule has 0 fully saturated rings. The van der Waals surface area contributed by atoms with Crippen molar-refractivity contribution in [2.75, 3.05) is 6.61 Å². The first-order chi connectivity index (χ1) is 9.70. The van der Waals surface area contributed by atoms with E-state index in [2.05, 4.69) is 22.3 Å². The molecule has 2 N–H and O–H groups in total. The molecule has 1 atom stereocenters. The van der Waals surface area contributed by atoms with E-state index in [0.717, 1.165) is 11.1 Å². The van der Waals surface area contributed by atoms with Gasteiger partial charge in [-0.15, -0.1) is 0 Å². The van der Waals surface area contributed by atoms with Gasteiger partial charge in [-0.1, -0.05) is 29.1 Å². The molecule has 0 aliphatic heterocycles. The summed E-state index contributed by atoms with van der Waals surface area (Å²) in [5, 5.41) is 15.0. The Hall–Kier alpha value is -2.58. The molecule has 1 amide bonds. The smallest absolute Gasteiger partial charge is 0.290 e. The van der Waals surface area contributed by atoms with Crippen LogP contribution in [-0.2, 0) is 0 Å². The summed E-state index contributed by atoms with van der Waals surface area (Å²) in [5.74, 6) is 5.27. The summed E-state index contributed by atoms with van der Waals surface area (Å²) in [7, 11) is 0. The number of benzene rings is 1. The van der Waals surface area contributed by atoms with Crippen LogP contribution in [-0.4, -0.2) is 22.8 Å². The third kappa shape index (κ3) is 3.46. The molecule has 0 bridgehead atoms. The molecular formula is C15H14N2O3. The van der Waals surface area contributed by atoms with E-state index in [1.165, 1.54) is 12.3 Å². The molecular weight excluding hydrogens is 256 g/mol. The van der Waals surface area contributed by atoms with Gasteiger partial charge in [0.05, 0.1) is 12.2 Å². The average molecular weight is 270 g/mol. The zero-order valence-corrected chi connectivity index (χ0v) is 11.0. The first-order valence-electron chi connectivity index (χ1n) is 6.12. The molecule has 1 unspecified atom stereocenters. The number of carbonyl (C=O) groups excluding carboxylic acids is 1. The first-order valence-corrected chi connectivity index (χ1v) is 6.12. The van der Waals surface area contributed by atoms with Crippen LogP contribution in [0.5, 0.6) is 0 Å². The van der Waals surface area contributed by atoms with Crippen molar-refractivity contribution in [2.24, 2.45) is 0 Å². The molecule has 0 saturated heterocycles. The Morgan fingerprint density at radius 1 is 1.50 bits per heavy atom. The number of nitrogens with zero attached hydrogens (tertiary/aromatic N) is 1. The molecule has 5 heteroatoms. The lowest BCUT2D eigenvalue weighted by molar-refractivity contribution is 0.0902. The average Bonchev–Trinajstić information content (AvgIpc) is 2.99. The quantitative estimate of drug-likeness (QED) is 0.829. The minimum atomic E-state index is -0.318. The van der Waals surface area contributed by atoms with Gasteiger partial charge in [-0.2, -0.15) is 0 Å². The van der Waals surface area contributed by atoms with Gasteiger partial charge in [0.25, 0.3) is 5.91 Å². The van der Waals surface area contributed by atoms with Gasteiger partial charge in [0, 0.05) is 11.6 Å². The number of hydrogen-bond donors (Lipinski definition) is 2. The SMILES string of the molecule is CC(NC(=O)c1ccno1)c1cccc(C#CCO)c1. The van der Waals surface area contributed by atoms with Crippen LogP contribution >= 0.6 is 0 Å². The maximum absolute atomic E-state index is 11.8. The number of aliphatic hydroxyl groups excluding tert-OH is 1. The molecule has 0 aliphatic carbocycles. The van der Waals surface area contributed by atoms with Crippen LogP contribution in [0.3, 0.4) is 0 Å². The van der Waals surface area contributed by atoms with Crippen molar-refractivity contribution in [3.8, 4) is 11.8 Å². The van der Waals surface area contributed by atoms with E-state index in [1.54, 1.807) is 0 Å². The third-order valence-corrected chi connectivity index (χ3v) is 2.71. The van der Waals surface area contributed by atoms with E-state index in [-0.39, 0.29) is 24.3 Å². The summed E-state index contributed by atoms with van der Waals surface area (Å²) in [6.07, 6.45) is 1.42. The van der Waals surface area contributed by atoms with Crippen molar-refractivity contribution in [3.63, 3.8) is 0 Å². The van der Waals surface area contributed by atoms with Gasteiger partial charge < -0.3 is 14.9 Å². The molecule has 1 heterocycles. The molecule has 0 aliphatic rings. The van der Waals surface area contributed by atoms with Gasteiger partial charge >= 0.3 is 0 Å². The van der Waals surface area contributed by atoms with Gasteiger partial charge in [-0.3, -0.25) is 4.79 Å². The molecule has 1 aromatic carbocycles. The fourth-order valence-corrected chi connectivity index (χ4v) is 1.71. The molecule has 0 saturated carbocycles. The number of amides is 1. The van der Waals surface area contributed by atoms with Crippen LogP contribution in [0, 0.1) is 11.8 Å². The Kier molecular flexibility index (Phi) is 4.53. The van der Waals surface area contributed by atoms with Gasteiger partial charge in [0.2, 0.25) is 5.76 Å². The second-order valence-electron chi connectivity index (χ2n) is 4.16. The molecule has 102 valence electrons.